The molecule has 0 saturated heterocycles. The maximum absolute atomic E-state index is 12.8. The molecular formula is C7H8FN2NaS. The molecule has 60 valence electrons. The zero-order chi connectivity index (χ0) is 8.27. The van der Waals surface area contributed by atoms with E-state index in [1.54, 1.807) is 18.2 Å². The van der Waals surface area contributed by atoms with Gasteiger partial charge in [-0.1, -0.05) is 12.1 Å². The first-order valence-corrected chi connectivity index (χ1v) is 3.42. The van der Waals surface area contributed by atoms with Crippen LogP contribution in [-0.2, 0) is 0 Å². The Hall–Kier alpha value is -0.160. The van der Waals surface area contributed by atoms with Gasteiger partial charge in [0.05, 0.1) is 5.69 Å². The quantitative estimate of drug-likeness (QED) is 0.426. The fourth-order valence-electron chi connectivity index (χ4n) is 0.695. The molecule has 1 aromatic rings. The van der Waals surface area contributed by atoms with Crippen LogP contribution in [0.3, 0.4) is 0 Å². The number of rotatable bonds is 1. The van der Waals surface area contributed by atoms with Gasteiger partial charge in [0, 0.05) is 0 Å². The van der Waals surface area contributed by atoms with Crippen molar-refractivity contribution in [3.8, 4) is 0 Å². The van der Waals surface area contributed by atoms with Crippen molar-refractivity contribution < 1.29 is 35.4 Å². The van der Waals surface area contributed by atoms with E-state index >= 15 is 0 Å². The third-order valence-electron chi connectivity index (χ3n) is 1.13. The zero-order valence-corrected chi connectivity index (χ0v) is 9.49. The minimum Gasteiger partial charge on any atom is -1.00 e. The van der Waals surface area contributed by atoms with Crippen LogP contribution in [-0.4, -0.2) is 5.11 Å². The van der Waals surface area contributed by atoms with E-state index in [1.165, 1.54) is 6.07 Å². The Balaban J connectivity index is 0. The molecule has 0 aliphatic rings. The van der Waals surface area contributed by atoms with E-state index in [0.29, 0.717) is 5.69 Å². The van der Waals surface area contributed by atoms with Crippen LogP contribution < -0.4 is 40.6 Å². The molecule has 1 rings (SSSR count). The van der Waals surface area contributed by atoms with E-state index in [9.17, 15) is 4.39 Å². The second-order valence-electron chi connectivity index (χ2n) is 1.97. The second-order valence-corrected chi connectivity index (χ2v) is 2.41. The van der Waals surface area contributed by atoms with Gasteiger partial charge in [-0.3, -0.25) is 0 Å². The number of hydrogen-bond donors (Lipinski definition) is 2. The first-order chi connectivity index (χ1) is 5.20. The number of hydrogen-bond acceptors (Lipinski definition) is 1. The van der Waals surface area contributed by atoms with Gasteiger partial charge in [-0.2, -0.15) is 0 Å². The Labute approximate surface area is 99.1 Å². The monoisotopic (exact) mass is 194 g/mol. The van der Waals surface area contributed by atoms with Gasteiger partial charge in [-0.15, -0.1) is 0 Å². The minimum absolute atomic E-state index is 0. The number of nitrogens with one attached hydrogen (secondary N) is 1. The predicted molar refractivity (Wildman–Crippen MR) is 47.9 cm³/mol. The summed E-state index contributed by atoms with van der Waals surface area (Å²) in [5.74, 6) is -0.361. The van der Waals surface area contributed by atoms with Crippen molar-refractivity contribution in [1.29, 1.82) is 0 Å². The number of halogens is 1. The SMILES string of the molecule is NC(=S)Nc1ccccc1F.[H-].[Na+]. The fraction of sp³-hybridized carbons (Fsp3) is 0. The van der Waals surface area contributed by atoms with Crippen molar-refractivity contribution in [3.05, 3.63) is 30.1 Å². The van der Waals surface area contributed by atoms with Crippen LogP contribution in [0.15, 0.2) is 24.3 Å². The molecule has 0 amide bonds. The summed E-state index contributed by atoms with van der Waals surface area (Å²) in [6.07, 6.45) is 0. The number of anilines is 1. The summed E-state index contributed by atoms with van der Waals surface area (Å²) in [6, 6.07) is 6.19. The molecular weight excluding hydrogens is 186 g/mol. The predicted octanol–water partition coefficient (Wildman–Crippen LogP) is -1.40. The molecule has 0 atom stereocenters. The first-order valence-electron chi connectivity index (χ1n) is 3.01. The first kappa shape index (κ1) is 11.8. The Morgan fingerprint density at radius 3 is 2.58 bits per heavy atom. The summed E-state index contributed by atoms with van der Waals surface area (Å²) < 4.78 is 12.8. The van der Waals surface area contributed by atoms with Gasteiger partial charge in [0.15, 0.2) is 5.11 Å². The van der Waals surface area contributed by atoms with Crippen molar-refractivity contribution in [2.45, 2.75) is 0 Å². The van der Waals surface area contributed by atoms with E-state index in [-0.39, 0.29) is 41.9 Å². The molecule has 0 heterocycles. The average Bonchev–Trinajstić information content (AvgIpc) is 1.93. The van der Waals surface area contributed by atoms with Gasteiger partial charge in [0.1, 0.15) is 5.82 Å². The molecule has 0 spiro atoms. The van der Waals surface area contributed by atoms with Crippen LogP contribution in [0, 0.1) is 5.82 Å². The molecule has 0 aliphatic carbocycles. The Kier molecular flexibility index (Phi) is 5.41. The number of para-hydroxylation sites is 1. The van der Waals surface area contributed by atoms with E-state index in [1.807, 2.05) is 0 Å². The van der Waals surface area contributed by atoms with Gasteiger partial charge in [0.25, 0.3) is 0 Å². The van der Waals surface area contributed by atoms with Crippen LogP contribution in [0.5, 0.6) is 0 Å². The Morgan fingerprint density at radius 1 is 1.50 bits per heavy atom. The standard InChI is InChI=1S/C7H7FN2S.Na.H/c8-5-3-1-2-4-6(5)10-7(9)11;;/h1-4H,(H3,9,10,11);;/q;+1;-1. The van der Waals surface area contributed by atoms with Gasteiger partial charge in [-0.25, -0.2) is 4.39 Å². The van der Waals surface area contributed by atoms with Crippen LogP contribution in [0.4, 0.5) is 10.1 Å². The molecule has 0 saturated carbocycles. The maximum Gasteiger partial charge on any atom is 1.00 e. The zero-order valence-electron chi connectivity index (χ0n) is 7.67. The van der Waals surface area contributed by atoms with Gasteiger partial charge >= 0.3 is 29.6 Å². The molecule has 0 fully saturated rings. The van der Waals surface area contributed by atoms with Gasteiger partial charge < -0.3 is 12.5 Å². The minimum atomic E-state index is -0.361. The molecule has 0 aromatic heterocycles. The van der Waals surface area contributed by atoms with Crippen molar-refractivity contribution in [3.63, 3.8) is 0 Å². The summed E-state index contributed by atoms with van der Waals surface area (Å²) >= 11 is 4.54. The maximum atomic E-state index is 12.8. The van der Waals surface area contributed by atoms with Crippen molar-refractivity contribution in [2.75, 3.05) is 5.32 Å². The van der Waals surface area contributed by atoms with Crippen LogP contribution >= 0.6 is 12.2 Å². The molecule has 5 heteroatoms. The normalized spacial score (nSPS) is 8.42. The summed E-state index contributed by atoms with van der Waals surface area (Å²) in [4.78, 5) is 0. The molecule has 3 N–H and O–H groups in total. The Morgan fingerprint density at radius 2 is 2.08 bits per heavy atom. The summed E-state index contributed by atoms with van der Waals surface area (Å²) in [6.45, 7) is 0. The van der Waals surface area contributed by atoms with Crippen molar-refractivity contribution in [2.24, 2.45) is 5.73 Å². The van der Waals surface area contributed by atoms with Crippen LogP contribution in [0.25, 0.3) is 0 Å². The van der Waals surface area contributed by atoms with Crippen molar-refractivity contribution >= 4 is 23.0 Å². The van der Waals surface area contributed by atoms with E-state index < -0.39 is 0 Å². The smallest absolute Gasteiger partial charge is 1.00 e. The second kappa shape index (κ2) is 5.48. The molecule has 2 nitrogen and oxygen atoms in total. The molecule has 0 unspecified atom stereocenters. The molecule has 12 heavy (non-hydrogen) atoms. The van der Waals surface area contributed by atoms with Crippen molar-refractivity contribution in [1.82, 2.24) is 0 Å². The molecule has 0 radical (unpaired) electrons. The summed E-state index contributed by atoms with van der Waals surface area (Å²) in [5.41, 5.74) is 5.45. The fourth-order valence-corrected chi connectivity index (χ4v) is 0.805. The third kappa shape index (κ3) is 3.49. The molecule has 0 bridgehead atoms. The van der Waals surface area contributed by atoms with E-state index in [0.717, 1.165) is 0 Å². The number of thiocarbonyl (C=S) groups is 1. The Bertz CT molecular complexity index is 285. The van der Waals surface area contributed by atoms with E-state index in [4.69, 9.17) is 5.73 Å². The van der Waals surface area contributed by atoms with Gasteiger partial charge in [0.2, 0.25) is 0 Å². The summed E-state index contributed by atoms with van der Waals surface area (Å²) in [5, 5.41) is 2.57. The molecule has 1 aromatic carbocycles. The molecule has 0 aliphatic heterocycles. The topological polar surface area (TPSA) is 38.0 Å². The van der Waals surface area contributed by atoms with Gasteiger partial charge in [-0.05, 0) is 24.4 Å². The summed E-state index contributed by atoms with van der Waals surface area (Å²) in [7, 11) is 0. The van der Waals surface area contributed by atoms with Crippen LogP contribution in [0.1, 0.15) is 1.43 Å². The van der Waals surface area contributed by atoms with E-state index in [2.05, 4.69) is 17.5 Å². The third-order valence-corrected chi connectivity index (χ3v) is 1.23. The average molecular weight is 194 g/mol. The largest absolute Gasteiger partial charge is 1.00 e. The van der Waals surface area contributed by atoms with Crippen LogP contribution in [0.2, 0.25) is 0 Å². The number of nitrogens with two attached hydrogens (primary N) is 1. The number of benzene rings is 1.